The molecule has 2 heterocycles. The number of likely N-dealkylation sites (tertiary alicyclic amines) is 1. The average Bonchev–Trinajstić information content (AvgIpc) is 2.85. The minimum absolute atomic E-state index is 0.0630. The Balaban J connectivity index is 1.90. The van der Waals surface area contributed by atoms with Gasteiger partial charge in [0, 0.05) is 32.6 Å². The van der Waals surface area contributed by atoms with E-state index in [1.54, 1.807) is 6.07 Å². The summed E-state index contributed by atoms with van der Waals surface area (Å²) in [5, 5.41) is 0. The number of hydrogen-bond acceptors (Lipinski definition) is 4. The highest BCUT2D eigenvalue weighted by atomic mass is 79.9. The number of aromatic nitrogens is 2. The molecule has 1 aliphatic heterocycles. The lowest BCUT2D eigenvalue weighted by Crippen LogP contribution is -2.48. The summed E-state index contributed by atoms with van der Waals surface area (Å²) in [6.07, 6.45) is 0.242. The van der Waals surface area contributed by atoms with Gasteiger partial charge in [-0.05, 0) is 24.6 Å². The number of benzene rings is 1. The van der Waals surface area contributed by atoms with Gasteiger partial charge in [0.1, 0.15) is 24.1 Å². The SMILES string of the molecule is Cn1c(=O)n(C2CCC(=O)N(COCC[Si](C)(C)C)C2=O)c2c(F)cc(Br)cc21. The third-order valence-corrected chi connectivity index (χ3v) is 7.28. The molecule has 1 atom stereocenters. The summed E-state index contributed by atoms with van der Waals surface area (Å²) < 4.78 is 23.3. The zero-order valence-corrected chi connectivity index (χ0v) is 19.6. The highest BCUT2D eigenvalue weighted by molar-refractivity contribution is 9.10. The van der Waals surface area contributed by atoms with Gasteiger partial charge in [-0.15, -0.1) is 0 Å². The second kappa shape index (κ2) is 8.15. The normalized spacial score (nSPS) is 18.1. The summed E-state index contributed by atoms with van der Waals surface area (Å²) in [4.78, 5) is 39.2. The molecule has 158 valence electrons. The number of amides is 2. The lowest BCUT2D eigenvalue weighted by Gasteiger charge is -2.31. The third kappa shape index (κ3) is 4.38. The van der Waals surface area contributed by atoms with Gasteiger partial charge in [0.15, 0.2) is 0 Å². The molecular weight excluding hydrogens is 461 g/mol. The number of aryl methyl sites for hydroxylation is 1. The number of nitrogens with zero attached hydrogens (tertiary/aromatic N) is 3. The van der Waals surface area contributed by atoms with E-state index >= 15 is 0 Å². The maximum absolute atomic E-state index is 14.7. The van der Waals surface area contributed by atoms with E-state index < -0.39 is 31.5 Å². The summed E-state index contributed by atoms with van der Waals surface area (Å²) in [6, 6.07) is 2.86. The Bertz CT molecular complexity index is 1030. The smallest absolute Gasteiger partial charge is 0.329 e. The molecule has 3 rings (SSSR count). The van der Waals surface area contributed by atoms with Gasteiger partial charge in [-0.3, -0.25) is 23.6 Å². The predicted molar refractivity (Wildman–Crippen MR) is 114 cm³/mol. The van der Waals surface area contributed by atoms with Crippen molar-refractivity contribution < 1.29 is 18.7 Å². The number of rotatable bonds is 6. The number of carbonyl (C=O) groups is 2. The van der Waals surface area contributed by atoms with Crippen LogP contribution >= 0.6 is 15.9 Å². The third-order valence-electron chi connectivity index (χ3n) is 5.12. The zero-order chi connectivity index (χ0) is 21.5. The van der Waals surface area contributed by atoms with Crippen molar-refractivity contribution in [2.24, 2.45) is 7.05 Å². The zero-order valence-electron chi connectivity index (χ0n) is 17.0. The van der Waals surface area contributed by atoms with Crippen molar-refractivity contribution >= 4 is 46.9 Å². The summed E-state index contributed by atoms with van der Waals surface area (Å²) in [7, 11) is 0.233. The molecule has 1 fully saturated rings. The van der Waals surface area contributed by atoms with Gasteiger partial charge >= 0.3 is 5.69 Å². The monoisotopic (exact) mass is 485 g/mol. The quantitative estimate of drug-likeness (QED) is 0.357. The number of ether oxygens (including phenoxy) is 1. The van der Waals surface area contributed by atoms with Crippen LogP contribution in [0.2, 0.25) is 25.7 Å². The molecule has 2 aromatic rings. The molecule has 7 nitrogen and oxygen atoms in total. The molecule has 1 aromatic heterocycles. The van der Waals surface area contributed by atoms with E-state index in [2.05, 4.69) is 35.6 Å². The average molecular weight is 486 g/mol. The summed E-state index contributed by atoms with van der Waals surface area (Å²) in [6.45, 7) is 6.96. The Morgan fingerprint density at radius 2 is 1.93 bits per heavy atom. The largest absolute Gasteiger partial charge is 0.361 e. The molecule has 0 spiro atoms. The van der Waals surface area contributed by atoms with Crippen molar-refractivity contribution in [2.75, 3.05) is 13.3 Å². The van der Waals surface area contributed by atoms with Crippen LogP contribution in [0.4, 0.5) is 4.39 Å². The van der Waals surface area contributed by atoms with E-state index in [1.165, 1.54) is 22.2 Å². The summed E-state index contributed by atoms with van der Waals surface area (Å²) in [5.41, 5.74) is -0.0539. The van der Waals surface area contributed by atoms with Crippen LogP contribution in [0.25, 0.3) is 11.0 Å². The molecule has 0 bridgehead atoms. The molecule has 1 unspecified atom stereocenters. The Kier molecular flexibility index (Phi) is 6.16. The second-order valence-electron chi connectivity index (χ2n) is 8.53. The van der Waals surface area contributed by atoms with Crippen molar-refractivity contribution in [2.45, 2.75) is 44.6 Å². The fourth-order valence-electron chi connectivity index (χ4n) is 3.43. The van der Waals surface area contributed by atoms with Crippen LogP contribution in [0.1, 0.15) is 18.9 Å². The van der Waals surface area contributed by atoms with Gasteiger partial charge in [0.2, 0.25) is 5.91 Å². The summed E-state index contributed by atoms with van der Waals surface area (Å²) in [5.74, 6) is -1.48. The molecule has 0 saturated carbocycles. The molecule has 2 amide bonds. The molecule has 10 heteroatoms. The van der Waals surface area contributed by atoms with Gasteiger partial charge in [0.05, 0.1) is 5.52 Å². The van der Waals surface area contributed by atoms with Gasteiger partial charge in [-0.2, -0.15) is 0 Å². The summed E-state index contributed by atoms with van der Waals surface area (Å²) >= 11 is 3.23. The molecule has 1 saturated heterocycles. The van der Waals surface area contributed by atoms with Crippen LogP contribution in [0.5, 0.6) is 0 Å². The topological polar surface area (TPSA) is 73.5 Å². The number of imide groups is 1. The van der Waals surface area contributed by atoms with Crippen LogP contribution in [0, 0.1) is 5.82 Å². The fraction of sp³-hybridized carbons (Fsp3) is 0.526. The van der Waals surface area contributed by atoms with E-state index in [4.69, 9.17) is 4.74 Å². The van der Waals surface area contributed by atoms with E-state index in [-0.39, 0.29) is 31.0 Å². The van der Waals surface area contributed by atoms with Crippen LogP contribution in [0.15, 0.2) is 21.4 Å². The van der Waals surface area contributed by atoms with Crippen molar-refractivity contribution in [3.63, 3.8) is 0 Å². The van der Waals surface area contributed by atoms with Gasteiger partial charge < -0.3 is 4.74 Å². The van der Waals surface area contributed by atoms with Gasteiger partial charge in [0.25, 0.3) is 5.91 Å². The number of halogens is 2. The van der Waals surface area contributed by atoms with Crippen molar-refractivity contribution in [3.05, 3.63) is 32.9 Å². The van der Waals surface area contributed by atoms with Crippen molar-refractivity contribution in [1.29, 1.82) is 0 Å². The first-order valence-corrected chi connectivity index (χ1v) is 14.0. The first-order valence-electron chi connectivity index (χ1n) is 9.49. The standard InChI is InChI=1S/C19H25BrFN3O4Si/c1-22-15-10-12(20)9-13(21)17(15)24(19(22)27)14-5-6-16(25)23(18(14)26)11-28-7-8-29(2,3)4/h9-10,14H,5-8,11H2,1-4H3. The van der Waals surface area contributed by atoms with E-state index in [0.717, 1.165) is 10.9 Å². The number of fused-ring (bicyclic) bond motifs is 1. The Hall–Kier alpha value is -1.78. The number of piperidine rings is 1. The lowest BCUT2D eigenvalue weighted by atomic mass is 10.0. The van der Waals surface area contributed by atoms with Crippen LogP contribution in [0.3, 0.4) is 0 Å². The minimum atomic E-state index is -1.30. The molecule has 29 heavy (non-hydrogen) atoms. The Morgan fingerprint density at radius 1 is 1.24 bits per heavy atom. The first-order chi connectivity index (χ1) is 13.5. The van der Waals surface area contributed by atoms with Crippen LogP contribution < -0.4 is 5.69 Å². The van der Waals surface area contributed by atoms with E-state index in [9.17, 15) is 18.8 Å². The van der Waals surface area contributed by atoms with Gasteiger partial charge in [-0.25, -0.2) is 9.18 Å². The van der Waals surface area contributed by atoms with E-state index in [1.807, 2.05) is 0 Å². The minimum Gasteiger partial charge on any atom is -0.361 e. The highest BCUT2D eigenvalue weighted by Gasteiger charge is 2.38. The lowest BCUT2D eigenvalue weighted by molar-refractivity contribution is -0.157. The van der Waals surface area contributed by atoms with Crippen LogP contribution in [-0.2, 0) is 21.4 Å². The van der Waals surface area contributed by atoms with Crippen LogP contribution in [-0.4, -0.2) is 47.3 Å². The van der Waals surface area contributed by atoms with Gasteiger partial charge in [-0.1, -0.05) is 35.6 Å². The molecule has 1 aromatic carbocycles. The van der Waals surface area contributed by atoms with Crippen molar-refractivity contribution in [1.82, 2.24) is 14.0 Å². The fourth-order valence-corrected chi connectivity index (χ4v) is 4.60. The molecule has 0 radical (unpaired) electrons. The molecule has 0 aliphatic carbocycles. The second-order valence-corrected chi connectivity index (χ2v) is 15.1. The number of imidazole rings is 1. The maximum Gasteiger partial charge on any atom is 0.329 e. The predicted octanol–water partition coefficient (Wildman–Crippen LogP) is 3.24. The first kappa shape index (κ1) is 21.9. The molecule has 0 N–H and O–H groups in total. The van der Waals surface area contributed by atoms with Crippen molar-refractivity contribution in [3.8, 4) is 0 Å². The number of carbonyl (C=O) groups excluding carboxylic acids is 2. The Morgan fingerprint density at radius 3 is 2.59 bits per heavy atom. The number of hydrogen-bond donors (Lipinski definition) is 0. The molecule has 1 aliphatic rings. The van der Waals surface area contributed by atoms with E-state index in [0.29, 0.717) is 16.6 Å². The maximum atomic E-state index is 14.7. The Labute approximate surface area is 177 Å². The highest BCUT2D eigenvalue weighted by Crippen LogP contribution is 2.29. The molecular formula is C19H25BrFN3O4Si.